The topological polar surface area (TPSA) is 3.24 Å². The van der Waals surface area contributed by atoms with Crippen LogP contribution in [0.4, 0.5) is 17.1 Å². The van der Waals surface area contributed by atoms with Crippen LogP contribution in [0.25, 0.3) is 44.2 Å². The van der Waals surface area contributed by atoms with Crippen LogP contribution in [0.15, 0.2) is 152 Å². The SMILES string of the molecule is c1cc(-c2cccc3ccccc23)cc(N(c2ccc3c(c2)C2(CCCC2)c2ccccc2-3)c2cccc3c2-c2ccccc2C32C3CC4CC(C3)CC2C4)c1. The second kappa shape index (κ2) is 11.6. The molecule has 14 rings (SSSR count). The van der Waals surface area contributed by atoms with Gasteiger partial charge in [0.15, 0.2) is 0 Å². The maximum Gasteiger partial charge on any atom is 0.0543 e. The van der Waals surface area contributed by atoms with Gasteiger partial charge in [-0.1, -0.05) is 134 Å². The van der Waals surface area contributed by atoms with Gasteiger partial charge in [-0.25, -0.2) is 0 Å². The first-order chi connectivity index (χ1) is 27.7. The first-order valence-electron chi connectivity index (χ1n) is 21.6. The lowest BCUT2D eigenvalue weighted by Crippen LogP contribution is -2.55. The van der Waals surface area contributed by atoms with Crippen molar-refractivity contribution in [1.82, 2.24) is 0 Å². The Balaban J connectivity index is 1.06. The summed E-state index contributed by atoms with van der Waals surface area (Å²) >= 11 is 0. The highest BCUT2D eigenvalue weighted by atomic mass is 15.1. The number of fused-ring (bicyclic) bond motifs is 9. The molecular weight excluding hydrogens is 675 g/mol. The Morgan fingerprint density at radius 3 is 1.91 bits per heavy atom. The van der Waals surface area contributed by atoms with Gasteiger partial charge in [0.2, 0.25) is 0 Å². The summed E-state index contributed by atoms with van der Waals surface area (Å²) in [7, 11) is 0. The zero-order valence-electron chi connectivity index (χ0n) is 32.1. The molecular formula is C55H47N. The van der Waals surface area contributed by atoms with Crippen molar-refractivity contribution >= 4 is 27.8 Å². The summed E-state index contributed by atoms with van der Waals surface area (Å²) in [4.78, 5) is 2.66. The zero-order valence-corrected chi connectivity index (χ0v) is 32.1. The van der Waals surface area contributed by atoms with Crippen LogP contribution in [-0.4, -0.2) is 0 Å². The molecule has 1 nitrogen and oxygen atoms in total. The van der Waals surface area contributed by atoms with Gasteiger partial charge in [-0.05, 0) is 160 Å². The van der Waals surface area contributed by atoms with Gasteiger partial charge in [-0.3, -0.25) is 0 Å². The number of rotatable bonds is 4. The summed E-state index contributed by atoms with van der Waals surface area (Å²) in [6.45, 7) is 0. The molecule has 0 saturated heterocycles. The molecule has 56 heavy (non-hydrogen) atoms. The number of hydrogen-bond acceptors (Lipinski definition) is 1. The third kappa shape index (κ3) is 4.11. The largest absolute Gasteiger partial charge is 0.310 e. The molecule has 7 aromatic carbocycles. The van der Waals surface area contributed by atoms with Crippen molar-refractivity contribution in [3.05, 3.63) is 174 Å². The molecule has 0 N–H and O–H groups in total. The van der Waals surface area contributed by atoms with E-state index in [1.165, 1.54) is 125 Å². The fourth-order valence-corrected chi connectivity index (χ4v) is 14.2. The van der Waals surface area contributed by atoms with E-state index in [1.54, 1.807) is 16.7 Å². The fraction of sp³-hybridized carbons (Fsp3) is 0.273. The van der Waals surface area contributed by atoms with E-state index in [1.807, 2.05) is 0 Å². The lowest BCUT2D eigenvalue weighted by Gasteiger charge is -2.61. The summed E-state index contributed by atoms with van der Waals surface area (Å²) in [5.41, 5.74) is 18.7. The van der Waals surface area contributed by atoms with Gasteiger partial charge < -0.3 is 4.90 Å². The smallest absolute Gasteiger partial charge is 0.0543 e. The first-order valence-corrected chi connectivity index (χ1v) is 21.6. The highest BCUT2D eigenvalue weighted by Gasteiger charge is 2.62. The minimum absolute atomic E-state index is 0.105. The van der Waals surface area contributed by atoms with Crippen molar-refractivity contribution in [2.75, 3.05) is 4.90 Å². The molecule has 0 unspecified atom stereocenters. The van der Waals surface area contributed by atoms with E-state index in [2.05, 4.69) is 157 Å². The second-order valence-corrected chi connectivity index (χ2v) is 18.4. The molecule has 7 aliphatic rings. The molecule has 2 spiro atoms. The van der Waals surface area contributed by atoms with Crippen LogP contribution in [0, 0.1) is 23.7 Å². The molecule has 5 fully saturated rings. The molecule has 4 bridgehead atoms. The van der Waals surface area contributed by atoms with Crippen LogP contribution in [0.5, 0.6) is 0 Å². The van der Waals surface area contributed by atoms with Crippen molar-refractivity contribution in [1.29, 1.82) is 0 Å². The number of hydrogen-bond donors (Lipinski definition) is 0. The Labute approximate surface area is 331 Å². The van der Waals surface area contributed by atoms with Crippen LogP contribution < -0.4 is 4.90 Å². The molecule has 0 radical (unpaired) electrons. The molecule has 5 saturated carbocycles. The van der Waals surface area contributed by atoms with Crippen molar-refractivity contribution in [2.45, 2.75) is 68.6 Å². The van der Waals surface area contributed by atoms with Crippen molar-refractivity contribution < 1.29 is 0 Å². The van der Waals surface area contributed by atoms with Gasteiger partial charge in [-0.15, -0.1) is 0 Å². The molecule has 1 heteroatoms. The predicted molar refractivity (Wildman–Crippen MR) is 232 cm³/mol. The van der Waals surface area contributed by atoms with Crippen LogP contribution in [-0.2, 0) is 10.8 Å². The minimum Gasteiger partial charge on any atom is -0.310 e. The molecule has 272 valence electrons. The Morgan fingerprint density at radius 1 is 0.446 bits per heavy atom. The maximum atomic E-state index is 2.66. The Hall–Kier alpha value is -5.40. The average molecular weight is 722 g/mol. The highest BCUT2D eigenvalue weighted by molar-refractivity contribution is 5.99. The van der Waals surface area contributed by atoms with Crippen molar-refractivity contribution in [3.63, 3.8) is 0 Å². The molecule has 0 aliphatic heterocycles. The van der Waals surface area contributed by atoms with E-state index >= 15 is 0 Å². The Morgan fingerprint density at radius 2 is 1.07 bits per heavy atom. The second-order valence-electron chi connectivity index (χ2n) is 18.4. The first kappa shape index (κ1) is 31.8. The van der Waals surface area contributed by atoms with Crippen molar-refractivity contribution in [2.24, 2.45) is 23.7 Å². The lowest BCUT2D eigenvalue weighted by atomic mass is 9.43. The molecule has 0 heterocycles. The van der Waals surface area contributed by atoms with E-state index in [-0.39, 0.29) is 10.8 Å². The molecule has 7 aromatic rings. The monoisotopic (exact) mass is 721 g/mol. The maximum absolute atomic E-state index is 2.66. The standard InChI is InChI=1S/C55H47N/c1-2-16-43-37(12-1)13-10-19-44(43)38-14-9-15-41(33-38)56(42-24-25-46-45-17-3-5-20-48(45)54(51(46)34-42)26-7-8-27-54)52-23-11-22-50-53(52)47-18-4-6-21-49(47)55(50)39-29-35-28-36(31-39)32-40(55)30-35/h1-6,9-25,33-36,39-40H,7-8,26-32H2. The lowest BCUT2D eigenvalue weighted by molar-refractivity contribution is -0.0399. The van der Waals surface area contributed by atoms with Gasteiger partial charge in [0, 0.05) is 27.8 Å². The Kier molecular flexibility index (Phi) is 6.57. The number of nitrogens with zero attached hydrogens (tertiary/aromatic N) is 1. The van der Waals surface area contributed by atoms with E-state index in [9.17, 15) is 0 Å². The van der Waals surface area contributed by atoms with Gasteiger partial charge >= 0.3 is 0 Å². The zero-order chi connectivity index (χ0) is 36.6. The molecule has 7 aliphatic carbocycles. The van der Waals surface area contributed by atoms with Crippen LogP contribution in [0.3, 0.4) is 0 Å². The van der Waals surface area contributed by atoms with Crippen LogP contribution >= 0.6 is 0 Å². The summed E-state index contributed by atoms with van der Waals surface area (Å²) in [5, 5.41) is 2.58. The van der Waals surface area contributed by atoms with E-state index in [0.717, 1.165) is 23.7 Å². The average Bonchev–Trinajstić information content (AvgIpc) is 3.93. The van der Waals surface area contributed by atoms with E-state index in [4.69, 9.17) is 0 Å². The van der Waals surface area contributed by atoms with Crippen LogP contribution in [0.1, 0.15) is 80.0 Å². The Bertz CT molecular complexity index is 2710. The molecule has 0 amide bonds. The van der Waals surface area contributed by atoms with Gasteiger partial charge in [0.25, 0.3) is 0 Å². The van der Waals surface area contributed by atoms with Gasteiger partial charge in [0.1, 0.15) is 0 Å². The summed E-state index contributed by atoms with van der Waals surface area (Å²) in [5.74, 6) is 3.32. The van der Waals surface area contributed by atoms with E-state index < -0.39 is 0 Å². The van der Waals surface area contributed by atoms with Crippen LogP contribution in [0.2, 0.25) is 0 Å². The number of benzene rings is 7. The number of anilines is 3. The predicted octanol–water partition coefficient (Wildman–Crippen LogP) is 14.5. The third-order valence-corrected chi connectivity index (χ3v) is 16.0. The quantitative estimate of drug-likeness (QED) is 0.175. The molecule has 0 aromatic heterocycles. The minimum atomic E-state index is 0.105. The highest BCUT2D eigenvalue weighted by Crippen LogP contribution is 2.70. The van der Waals surface area contributed by atoms with E-state index in [0.29, 0.717) is 0 Å². The van der Waals surface area contributed by atoms with Crippen molar-refractivity contribution in [3.8, 4) is 33.4 Å². The van der Waals surface area contributed by atoms with Gasteiger partial charge in [-0.2, -0.15) is 0 Å². The summed E-state index contributed by atoms with van der Waals surface area (Å²) < 4.78 is 0. The summed E-state index contributed by atoms with van der Waals surface area (Å²) in [6.07, 6.45) is 12.1. The summed E-state index contributed by atoms with van der Waals surface area (Å²) in [6, 6.07) is 58.9. The fourth-order valence-electron chi connectivity index (χ4n) is 14.2. The molecule has 0 atom stereocenters. The van der Waals surface area contributed by atoms with Gasteiger partial charge in [0.05, 0.1) is 5.69 Å². The normalized spacial score (nSPS) is 25.4. The third-order valence-electron chi connectivity index (χ3n) is 16.0.